The first-order valence-corrected chi connectivity index (χ1v) is 10.4. The summed E-state index contributed by atoms with van der Waals surface area (Å²) in [5.74, 6) is 0.745. The molecule has 0 saturated carbocycles. The first kappa shape index (κ1) is 17.7. The molecule has 26 heavy (non-hydrogen) atoms. The summed E-state index contributed by atoms with van der Waals surface area (Å²) in [6, 6.07) is 16.4. The Kier molecular flexibility index (Phi) is 5.65. The third-order valence-corrected chi connectivity index (χ3v) is 5.96. The minimum atomic E-state index is 0.197. The van der Waals surface area contributed by atoms with Gasteiger partial charge < -0.3 is 9.46 Å². The molecular formula is C19H18ClN3OS2. The zero-order chi connectivity index (χ0) is 17.8. The van der Waals surface area contributed by atoms with Crippen LogP contribution in [0.3, 0.4) is 0 Å². The summed E-state index contributed by atoms with van der Waals surface area (Å²) in [5, 5.41) is 3.45. The van der Waals surface area contributed by atoms with Crippen LogP contribution in [0.2, 0.25) is 5.02 Å². The Morgan fingerprint density at radius 3 is 2.81 bits per heavy atom. The van der Waals surface area contributed by atoms with Gasteiger partial charge in [-0.15, -0.1) is 11.3 Å². The fraction of sp³-hybridized carbons (Fsp3) is 0.211. The molecule has 1 saturated heterocycles. The van der Waals surface area contributed by atoms with E-state index in [4.69, 9.17) is 16.3 Å². The summed E-state index contributed by atoms with van der Waals surface area (Å²) in [7, 11) is 0. The zero-order valence-corrected chi connectivity index (χ0v) is 16.4. The van der Waals surface area contributed by atoms with E-state index in [1.165, 1.54) is 17.5 Å². The number of rotatable bonds is 7. The summed E-state index contributed by atoms with van der Waals surface area (Å²) < 4.78 is 9.24. The average molecular weight is 404 g/mol. The molecule has 4 nitrogen and oxygen atoms in total. The van der Waals surface area contributed by atoms with Crippen LogP contribution in [0.15, 0.2) is 65.0 Å². The lowest BCUT2D eigenvalue weighted by Gasteiger charge is -2.39. The number of nitrogens with one attached hydrogen (secondary N) is 1. The van der Waals surface area contributed by atoms with Gasteiger partial charge in [0.25, 0.3) is 0 Å². The summed E-state index contributed by atoms with van der Waals surface area (Å²) in [6.07, 6.45) is 1.97. The summed E-state index contributed by atoms with van der Waals surface area (Å²) in [6.45, 7) is 2.81. The van der Waals surface area contributed by atoms with Gasteiger partial charge in [-0.25, -0.2) is 4.98 Å². The molecule has 0 bridgehead atoms. The Bertz CT molecular complexity index is 839. The molecule has 7 heteroatoms. The van der Waals surface area contributed by atoms with Crippen LogP contribution in [0.5, 0.6) is 5.75 Å². The van der Waals surface area contributed by atoms with Crippen LogP contribution in [0.1, 0.15) is 5.56 Å². The van der Waals surface area contributed by atoms with E-state index in [1.54, 1.807) is 17.5 Å². The number of anilines is 1. The molecule has 1 aromatic heterocycles. The highest BCUT2D eigenvalue weighted by atomic mass is 35.5. The normalized spacial score (nSPS) is 14.8. The molecule has 2 heterocycles. The molecule has 0 aliphatic carbocycles. The highest BCUT2D eigenvalue weighted by Gasteiger charge is 2.28. The molecule has 4 rings (SSSR count). The van der Waals surface area contributed by atoms with Crippen molar-refractivity contribution >= 4 is 40.0 Å². The second-order valence-electron chi connectivity index (χ2n) is 6.05. The van der Waals surface area contributed by atoms with E-state index in [0.717, 1.165) is 35.4 Å². The second-order valence-corrected chi connectivity index (χ2v) is 8.23. The van der Waals surface area contributed by atoms with E-state index in [1.807, 2.05) is 29.6 Å². The van der Waals surface area contributed by atoms with Gasteiger partial charge in [0.2, 0.25) is 0 Å². The van der Waals surface area contributed by atoms with Gasteiger partial charge in [0.05, 0.1) is 5.02 Å². The first-order chi connectivity index (χ1) is 12.8. The summed E-state index contributed by atoms with van der Waals surface area (Å²) >= 11 is 9.44. The average Bonchev–Trinajstić information content (AvgIpc) is 3.14. The molecule has 0 spiro atoms. The number of benzene rings is 2. The molecule has 0 amide bonds. The van der Waals surface area contributed by atoms with Crippen LogP contribution in [0.25, 0.3) is 0 Å². The summed E-state index contributed by atoms with van der Waals surface area (Å²) in [5.41, 5.74) is 1.33. The lowest BCUT2D eigenvalue weighted by atomic mass is 10.1. The van der Waals surface area contributed by atoms with E-state index in [9.17, 15) is 0 Å². The van der Waals surface area contributed by atoms with E-state index in [-0.39, 0.29) is 6.10 Å². The largest absolute Gasteiger partial charge is 0.486 e. The second kappa shape index (κ2) is 8.31. The molecule has 134 valence electrons. The van der Waals surface area contributed by atoms with Crippen molar-refractivity contribution in [2.45, 2.75) is 17.5 Å². The Morgan fingerprint density at radius 1 is 1.23 bits per heavy atom. The van der Waals surface area contributed by atoms with Crippen molar-refractivity contribution < 1.29 is 4.74 Å². The lowest BCUT2D eigenvalue weighted by Crippen LogP contribution is -2.53. The number of hydrogen-bond donors (Lipinski definition) is 1. The van der Waals surface area contributed by atoms with Gasteiger partial charge in [-0.3, -0.25) is 4.90 Å². The quantitative estimate of drug-likeness (QED) is 0.550. The van der Waals surface area contributed by atoms with Gasteiger partial charge in [-0.1, -0.05) is 41.9 Å². The molecule has 1 fully saturated rings. The van der Waals surface area contributed by atoms with Crippen molar-refractivity contribution in [3.63, 3.8) is 0 Å². The van der Waals surface area contributed by atoms with Gasteiger partial charge >= 0.3 is 0 Å². The van der Waals surface area contributed by atoms with Crippen molar-refractivity contribution in [2.24, 2.45) is 0 Å². The molecule has 0 atom stereocenters. The maximum Gasteiger partial charge on any atom is 0.192 e. The maximum absolute atomic E-state index is 6.39. The first-order valence-electron chi connectivity index (χ1n) is 8.31. The lowest BCUT2D eigenvalue weighted by molar-refractivity contribution is 0.0146. The molecule has 3 aromatic rings. The number of likely N-dealkylation sites (tertiary alicyclic amines) is 1. The van der Waals surface area contributed by atoms with Gasteiger partial charge in [0.15, 0.2) is 5.13 Å². The van der Waals surface area contributed by atoms with E-state index >= 15 is 0 Å². The Balaban J connectivity index is 1.26. The van der Waals surface area contributed by atoms with Gasteiger partial charge in [-0.05, 0) is 35.7 Å². The third kappa shape index (κ3) is 4.51. The Hall–Kier alpha value is -1.73. The predicted octanol–water partition coefficient (Wildman–Crippen LogP) is 5.18. The highest BCUT2D eigenvalue weighted by molar-refractivity contribution is 8.00. The number of thiazole rings is 1. The summed E-state index contributed by atoms with van der Waals surface area (Å²) in [4.78, 5) is 7.59. The van der Waals surface area contributed by atoms with Crippen LogP contribution < -0.4 is 9.46 Å². The molecule has 0 unspecified atom stereocenters. The number of ether oxygens (including phenoxy) is 1. The minimum absolute atomic E-state index is 0.197. The minimum Gasteiger partial charge on any atom is -0.486 e. The fourth-order valence-electron chi connectivity index (χ4n) is 2.76. The van der Waals surface area contributed by atoms with E-state index in [0.29, 0.717) is 5.02 Å². The highest BCUT2D eigenvalue weighted by Crippen LogP contribution is 2.32. The Morgan fingerprint density at radius 2 is 2.08 bits per heavy atom. The topological polar surface area (TPSA) is 37.4 Å². The number of aromatic nitrogens is 1. The standard InChI is InChI=1S/C19H18ClN3OS2/c20-17-10-16(26-22-19-21-8-9-25-19)6-7-18(17)24-15-12-23(13-15)11-14-4-2-1-3-5-14/h1-10,15H,11-13H2,(H,21,22). The zero-order valence-electron chi connectivity index (χ0n) is 14.0. The molecule has 1 aliphatic rings. The molecular weight excluding hydrogens is 386 g/mol. The number of hydrogen-bond acceptors (Lipinski definition) is 6. The van der Waals surface area contributed by atoms with Crippen molar-refractivity contribution in [3.05, 3.63) is 70.7 Å². The van der Waals surface area contributed by atoms with E-state index in [2.05, 4.69) is 38.9 Å². The van der Waals surface area contributed by atoms with Crippen LogP contribution in [-0.2, 0) is 6.54 Å². The number of halogens is 1. The van der Waals surface area contributed by atoms with E-state index < -0.39 is 0 Å². The van der Waals surface area contributed by atoms with Gasteiger partial charge in [-0.2, -0.15) is 0 Å². The van der Waals surface area contributed by atoms with Crippen LogP contribution >= 0.6 is 34.9 Å². The van der Waals surface area contributed by atoms with Crippen LogP contribution in [-0.4, -0.2) is 29.1 Å². The SMILES string of the molecule is Clc1cc(SNc2nccs2)ccc1OC1CN(Cc2ccccc2)C1. The molecule has 2 aromatic carbocycles. The van der Waals surface area contributed by atoms with Crippen LogP contribution in [0, 0.1) is 0 Å². The Labute approximate surface area is 166 Å². The maximum atomic E-state index is 6.39. The van der Waals surface area contributed by atoms with Crippen molar-refractivity contribution in [2.75, 3.05) is 17.8 Å². The fourth-order valence-corrected chi connectivity index (χ4v) is 4.31. The van der Waals surface area contributed by atoms with Crippen molar-refractivity contribution in [1.82, 2.24) is 9.88 Å². The van der Waals surface area contributed by atoms with Crippen LogP contribution in [0.4, 0.5) is 5.13 Å². The smallest absolute Gasteiger partial charge is 0.192 e. The molecule has 1 aliphatic heterocycles. The number of nitrogens with zero attached hydrogens (tertiary/aromatic N) is 2. The molecule has 0 radical (unpaired) electrons. The monoisotopic (exact) mass is 403 g/mol. The van der Waals surface area contributed by atoms with Crippen molar-refractivity contribution in [3.8, 4) is 5.75 Å². The van der Waals surface area contributed by atoms with Crippen molar-refractivity contribution in [1.29, 1.82) is 0 Å². The van der Waals surface area contributed by atoms with Gasteiger partial charge in [0.1, 0.15) is 11.9 Å². The van der Waals surface area contributed by atoms with Gasteiger partial charge in [0, 0.05) is 36.1 Å². The molecule has 1 N–H and O–H groups in total. The predicted molar refractivity (Wildman–Crippen MR) is 109 cm³/mol. The third-order valence-electron chi connectivity index (χ3n) is 4.06.